The van der Waals surface area contributed by atoms with Gasteiger partial charge in [-0.1, -0.05) is 41.9 Å². The van der Waals surface area contributed by atoms with Gasteiger partial charge >= 0.3 is 0 Å². The van der Waals surface area contributed by atoms with Crippen molar-refractivity contribution < 1.29 is 18.3 Å². The van der Waals surface area contributed by atoms with Crippen LogP contribution in [0.25, 0.3) is 0 Å². The minimum absolute atomic E-state index is 0.0335. The molecule has 0 aliphatic heterocycles. The van der Waals surface area contributed by atoms with Crippen molar-refractivity contribution in [1.29, 1.82) is 0 Å². The summed E-state index contributed by atoms with van der Waals surface area (Å²) in [6.07, 6.45) is 0. The number of nitrogens with one attached hydrogen (secondary N) is 1. The van der Waals surface area contributed by atoms with Crippen molar-refractivity contribution in [2.45, 2.75) is 17.5 Å². The SMILES string of the molecule is CN(Cc1ccccc1)C(=O)[C@H](CO)NS(=O)(=O)c1ccc(Cl)cc1. The molecule has 8 heteroatoms. The molecule has 0 saturated heterocycles. The van der Waals surface area contributed by atoms with E-state index in [1.54, 1.807) is 7.05 Å². The molecule has 2 aromatic carbocycles. The Balaban J connectivity index is 2.10. The molecule has 2 rings (SSSR count). The second kappa shape index (κ2) is 8.44. The first-order chi connectivity index (χ1) is 11.8. The summed E-state index contributed by atoms with van der Waals surface area (Å²) < 4.78 is 27.0. The van der Waals surface area contributed by atoms with E-state index in [1.807, 2.05) is 30.3 Å². The molecule has 0 heterocycles. The first-order valence-corrected chi connectivity index (χ1v) is 9.37. The van der Waals surface area contributed by atoms with Gasteiger partial charge < -0.3 is 10.0 Å². The van der Waals surface area contributed by atoms with Crippen LogP contribution in [-0.4, -0.2) is 44.0 Å². The zero-order valence-electron chi connectivity index (χ0n) is 13.6. The highest BCUT2D eigenvalue weighted by Crippen LogP contribution is 2.14. The number of halogens is 1. The van der Waals surface area contributed by atoms with Crippen LogP contribution in [0.2, 0.25) is 5.02 Å². The number of sulfonamides is 1. The summed E-state index contributed by atoms with van der Waals surface area (Å²) >= 11 is 5.75. The summed E-state index contributed by atoms with van der Waals surface area (Å²) in [6, 6.07) is 13.5. The second-order valence-corrected chi connectivity index (χ2v) is 7.64. The molecule has 0 aromatic heterocycles. The van der Waals surface area contributed by atoms with E-state index >= 15 is 0 Å². The summed E-state index contributed by atoms with van der Waals surface area (Å²) in [6.45, 7) is -0.344. The molecule has 0 radical (unpaired) electrons. The number of amides is 1. The van der Waals surface area contributed by atoms with E-state index in [9.17, 15) is 18.3 Å². The fraction of sp³-hybridized carbons (Fsp3) is 0.235. The first-order valence-electron chi connectivity index (χ1n) is 7.51. The van der Waals surface area contributed by atoms with Gasteiger partial charge in [0.1, 0.15) is 6.04 Å². The standard InChI is InChI=1S/C17H19ClN2O4S/c1-20(11-13-5-3-2-4-6-13)17(22)16(12-21)19-25(23,24)15-9-7-14(18)8-10-15/h2-10,16,19,21H,11-12H2,1H3/t16-/m0/s1. The van der Waals surface area contributed by atoms with E-state index in [-0.39, 0.29) is 4.90 Å². The zero-order chi connectivity index (χ0) is 18.4. The number of carbonyl (C=O) groups is 1. The summed E-state index contributed by atoms with van der Waals surface area (Å²) in [7, 11) is -2.41. The highest BCUT2D eigenvalue weighted by atomic mass is 35.5. The minimum atomic E-state index is -3.96. The molecule has 6 nitrogen and oxygen atoms in total. The molecule has 2 aromatic rings. The number of hydrogen-bond acceptors (Lipinski definition) is 4. The number of benzene rings is 2. The third-order valence-corrected chi connectivity index (χ3v) is 5.28. The number of aliphatic hydroxyl groups is 1. The van der Waals surface area contributed by atoms with Crippen LogP contribution in [0, 0.1) is 0 Å². The summed E-state index contributed by atoms with van der Waals surface area (Å²) in [5.74, 6) is -0.524. The van der Waals surface area contributed by atoms with E-state index in [4.69, 9.17) is 11.6 Å². The monoisotopic (exact) mass is 382 g/mol. The predicted molar refractivity (Wildman–Crippen MR) is 95.6 cm³/mol. The van der Waals surface area contributed by atoms with Gasteiger partial charge in [-0.2, -0.15) is 4.72 Å². The van der Waals surface area contributed by atoms with E-state index in [2.05, 4.69) is 4.72 Å². The van der Waals surface area contributed by atoms with E-state index in [0.717, 1.165) is 5.56 Å². The third kappa shape index (κ3) is 5.27. The number of hydrogen-bond donors (Lipinski definition) is 2. The summed E-state index contributed by atoms with van der Waals surface area (Å²) in [4.78, 5) is 13.8. The lowest BCUT2D eigenvalue weighted by molar-refractivity contribution is -0.133. The Labute approximate surface area is 152 Å². The van der Waals surface area contributed by atoms with Gasteiger partial charge in [-0.05, 0) is 29.8 Å². The van der Waals surface area contributed by atoms with Gasteiger partial charge in [-0.15, -0.1) is 0 Å². The molecule has 0 fully saturated rings. The first kappa shape index (κ1) is 19.4. The average molecular weight is 383 g/mol. The minimum Gasteiger partial charge on any atom is -0.394 e. The van der Waals surface area contributed by atoms with Crippen LogP contribution in [0.5, 0.6) is 0 Å². The fourth-order valence-corrected chi connectivity index (χ4v) is 3.54. The molecule has 25 heavy (non-hydrogen) atoms. The average Bonchev–Trinajstić information content (AvgIpc) is 2.60. The van der Waals surface area contributed by atoms with Crippen LogP contribution in [0.4, 0.5) is 0 Å². The van der Waals surface area contributed by atoms with Crippen molar-refractivity contribution >= 4 is 27.5 Å². The van der Waals surface area contributed by atoms with Gasteiger partial charge in [-0.3, -0.25) is 4.79 Å². The van der Waals surface area contributed by atoms with Crippen LogP contribution in [0.1, 0.15) is 5.56 Å². The summed E-state index contributed by atoms with van der Waals surface area (Å²) in [5, 5.41) is 9.87. The van der Waals surface area contributed by atoms with E-state index in [0.29, 0.717) is 11.6 Å². The molecular formula is C17H19ClN2O4S. The van der Waals surface area contributed by atoms with Crippen molar-refractivity contribution in [3.05, 3.63) is 65.2 Å². The van der Waals surface area contributed by atoms with Crippen molar-refractivity contribution in [2.24, 2.45) is 0 Å². The van der Waals surface area contributed by atoms with Gasteiger partial charge in [0.25, 0.3) is 0 Å². The fourth-order valence-electron chi connectivity index (χ4n) is 2.24. The van der Waals surface area contributed by atoms with Gasteiger partial charge in [0, 0.05) is 18.6 Å². The van der Waals surface area contributed by atoms with Gasteiger partial charge in [0.05, 0.1) is 11.5 Å². The Hall–Kier alpha value is -1.93. The highest BCUT2D eigenvalue weighted by molar-refractivity contribution is 7.89. The van der Waals surface area contributed by atoms with Crippen molar-refractivity contribution in [3.63, 3.8) is 0 Å². The molecule has 0 bridgehead atoms. The molecule has 0 unspecified atom stereocenters. The third-order valence-electron chi connectivity index (χ3n) is 3.54. The largest absolute Gasteiger partial charge is 0.394 e. The molecule has 1 atom stereocenters. The van der Waals surface area contributed by atoms with Crippen LogP contribution in [0.15, 0.2) is 59.5 Å². The Morgan fingerprint density at radius 1 is 1.16 bits per heavy atom. The Morgan fingerprint density at radius 2 is 1.76 bits per heavy atom. The van der Waals surface area contributed by atoms with Gasteiger partial charge in [0.15, 0.2) is 0 Å². The van der Waals surface area contributed by atoms with Crippen LogP contribution < -0.4 is 4.72 Å². The van der Waals surface area contributed by atoms with Gasteiger partial charge in [0.2, 0.25) is 15.9 Å². The molecule has 0 spiro atoms. The normalized spacial score (nSPS) is 12.6. The van der Waals surface area contributed by atoms with Gasteiger partial charge in [-0.25, -0.2) is 8.42 Å². The quantitative estimate of drug-likeness (QED) is 0.762. The zero-order valence-corrected chi connectivity index (χ0v) is 15.2. The lowest BCUT2D eigenvalue weighted by Crippen LogP contribution is -2.49. The number of aliphatic hydroxyl groups excluding tert-OH is 1. The number of nitrogens with zero attached hydrogens (tertiary/aromatic N) is 1. The topological polar surface area (TPSA) is 86.7 Å². The van der Waals surface area contributed by atoms with Crippen molar-refractivity contribution in [3.8, 4) is 0 Å². The molecule has 0 saturated carbocycles. The maximum absolute atomic E-state index is 12.5. The maximum atomic E-state index is 12.5. The molecule has 2 N–H and O–H groups in total. The Bertz CT molecular complexity index is 810. The molecule has 1 amide bonds. The maximum Gasteiger partial charge on any atom is 0.243 e. The predicted octanol–water partition coefficient (Wildman–Crippen LogP) is 1.64. The molecule has 0 aliphatic rings. The number of carbonyl (C=O) groups excluding carboxylic acids is 1. The molecular weight excluding hydrogens is 364 g/mol. The lowest BCUT2D eigenvalue weighted by Gasteiger charge is -2.23. The number of likely N-dealkylation sites (N-methyl/N-ethyl adjacent to an activating group) is 1. The smallest absolute Gasteiger partial charge is 0.243 e. The van der Waals surface area contributed by atoms with Crippen LogP contribution in [-0.2, 0) is 21.4 Å². The molecule has 134 valence electrons. The Morgan fingerprint density at radius 3 is 2.32 bits per heavy atom. The lowest BCUT2D eigenvalue weighted by atomic mass is 10.2. The van der Waals surface area contributed by atoms with E-state index in [1.165, 1.54) is 29.2 Å². The Kier molecular flexibility index (Phi) is 6.55. The van der Waals surface area contributed by atoms with Crippen LogP contribution in [0.3, 0.4) is 0 Å². The molecule has 0 aliphatic carbocycles. The second-order valence-electron chi connectivity index (χ2n) is 5.49. The van der Waals surface area contributed by atoms with Crippen molar-refractivity contribution in [2.75, 3.05) is 13.7 Å². The van der Waals surface area contributed by atoms with E-state index < -0.39 is 28.6 Å². The number of rotatable bonds is 7. The van der Waals surface area contributed by atoms with Crippen LogP contribution >= 0.6 is 11.6 Å². The highest BCUT2D eigenvalue weighted by Gasteiger charge is 2.27. The summed E-state index contributed by atoms with van der Waals surface area (Å²) in [5.41, 5.74) is 0.899. The van der Waals surface area contributed by atoms with Crippen molar-refractivity contribution in [1.82, 2.24) is 9.62 Å².